The predicted octanol–water partition coefficient (Wildman–Crippen LogP) is 1.58. The van der Waals surface area contributed by atoms with Gasteiger partial charge in [-0.3, -0.25) is 14.5 Å². The number of hydrogen-bond acceptors (Lipinski definition) is 6. The molecule has 4 heterocycles. The normalized spacial score (nSPS) is 21.7. The third kappa shape index (κ3) is 3.29. The van der Waals surface area contributed by atoms with Crippen LogP contribution in [-0.4, -0.2) is 78.2 Å². The lowest BCUT2D eigenvalue weighted by Crippen LogP contribution is -2.53. The molecule has 0 N–H and O–H groups in total. The van der Waals surface area contributed by atoms with Gasteiger partial charge in [-0.15, -0.1) is 5.10 Å². The second-order valence-corrected chi connectivity index (χ2v) is 8.05. The maximum Gasteiger partial charge on any atom is 0.351 e. The molecule has 0 spiro atoms. The van der Waals surface area contributed by atoms with Gasteiger partial charge in [0, 0.05) is 30.5 Å². The van der Waals surface area contributed by atoms with Crippen molar-refractivity contribution in [3.05, 3.63) is 47.1 Å². The molecule has 0 aromatic carbocycles. The van der Waals surface area contributed by atoms with Gasteiger partial charge in [-0.05, 0) is 51.0 Å². The number of aliphatic imine (C=N–C) groups is 1. The number of rotatable bonds is 2. The van der Waals surface area contributed by atoms with Crippen LogP contribution in [0.1, 0.15) is 34.8 Å². The van der Waals surface area contributed by atoms with Gasteiger partial charge in [0.05, 0.1) is 11.3 Å². The van der Waals surface area contributed by atoms with Gasteiger partial charge in [0.15, 0.2) is 0 Å². The standard InChI is InChI=1S/C21H20FN7O3/c1-11-9-12(2)29-20(23-11)25-17(26-29)19(31)27-7-5-14(6-8-27)28-18(30)15-10-13(22)3-4-16(15)24-21(28)32/h3-4,9-10,13-14H,5-8H2,1-2H3. The molecule has 2 aromatic heterocycles. The van der Waals surface area contributed by atoms with Gasteiger partial charge in [-0.2, -0.15) is 9.98 Å². The first-order valence-corrected chi connectivity index (χ1v) is 10.3. The molecule has 0 saturated carbocycles. The van der Waals surface area contributed by atoms with Crippen LogP contribution in [0, 0.1) is 13.8 Å². The van der Waals surface area contributed by atoms with Gasteiger partial charge in [0.25, 0.3) is 17.6 Å². The number of fused-ring (bicyclic) bond motifs is 2. The number of aryl methyl sites for hydroxylation is 2. The van der Waals surface area contributed by atoms with Crippen molar-refractivity contribution < 1.29 is 18.8 Å². The van der Waals surface area contributed by atoms with E-state index in [9.17, 15) is 18.8 Å². The highest BCUT2D eigenvalue weighted by Crippen LogP contribution is 2.26. The average Bonchev–Trinajstić information content (AvgIpc) is 3.19. The zero-order valence-corrected chi connectivity index (χ0v) is 17.5. The molecule has 0 bridgehead atoms. The molecule has 1 saturated heterocycles. The maximum atomic E-state index is 13.7. The van der Waals surface area contributed by atoms with Crippen molar-refractivity contribution in [2.75, 3.05) is 13.1 Å². The van der Waals surface area contributed by atoms with Crippen LogP contribution in [0.15, 0.2) is 34.9 Å². The summed E-state index contributed by atoms with van der Waals surface area (Å²) in [5.74, 6) is -0.462. The van der Waals surface area contributed by atoms with E-state index < -0.39 is 24.2 Å². The highest BCUT2D eigenvalue weighted by atomic mass is 19.1. The number of carbonyl (C=O) groups excluding carboxylic acids is 3. The number of imide groups is 1. The van der Waals surface area contributed by atoms with Gasteiger partial charge >= 0.3 is 6.03 Å². The summed E-state index contributed by atoms with van der Waals surface area (Å²) in [6.45, 7) is 4.35. The Morgan fingerprint density at radius 2 is 1.91 bits per heavy atom. The van der Waals surface area contributed by atoms with Crippen LogP contribution < -0.4 is 0 Å². The van der Waals surface area contributed by atoms with Crippen LogP contribution in [0.25, 0.3) is 5.78 Å². The quantitative estimate of drug-likeness (QED) is 0.705. The second-order valence-electron chi connectivity index (χ2n) is 8.05. The lowest BCUT2D eigenvalue weighted by Gasteiger charge is -2.38. The van der Waals surface area contributed by atoms with E-state index in [1.54, 1.807) is 4.90 Å². The fourth-order valence-electron chi connectivity index (χ4n) is 4.27. The Labute approximate surface area is 182 Å². The van der Waals surface area contributed by atoms with Crippen molar-refractivity contribution in [3.63, 3.8) is 0 Å². The molecule has 0 radical (unpaired) electrons. The van der Waals surface area contributed by atoms with E-state index >= 15 is 0 Å². The van der Waals surface area contributed by atoms with Gasteiger partial charge in [-0.25, -0.2) is 18.7 Å². The van der Waals surface area contributed by atoms with Crippen LogP contribution in [0.2, 0.25) is 0 Å². The summed E-state index contributed by atoms with van der Waals surface area (Å²) in [5.41, 5.74) is 1.90. The van der Waals surface area contributed by atoms with Crippen molar-refractivity contribution in [1.82, 2.24) is 29.4 Å². The monoisotopic (exact) mass is 437 g/mol. The first kappa shape index (κ1) is 20.2. The molecular formula is C21H20FN7O3. The summed E-state index contributed by atoms with van der Waals surface area (Å²) in [4.78, 5) is 53.5. The van der Waals surface area contributed by atoms with Crippen LogP contribution in [0.5, 0.6) is 0 Å². The SMILES string of the molecule is Cc1cc(C)n2nc(C(=O)N3CCC(N4C(=O)N=C5C=CC(F)C=C5C4=O)CC3)nc2n1. The number of urea groups is 1. The van der Waals surface area contributed by atoms with Crippen molar-refractivity contribution >= 4 is 29.3 Å². The molecule has 2 aromatic rings. The summed E-state index contributed by atoms with van der Waals surface area (Å²) < 4.78 is 15.2. The Morgan fingerprint density at radius 3 is 2.66 bits per heavy atom. The van der Waals surface area contributed by atoms with Crippen LogP contribution in [0.4, 0.5) is 9.18 Å². The largest absolute Gasteiger partial charge is 0.351 e. The maximum absolute atomic E-state index is 13.7. The number of carbonyl (C=O) groups is 3. The van der Waals surface area contributed by atoms with Crippen molar-refractivity contribution in [3.8, 4) is 0 Å². The molecule has 1 aliphatic carbocycles. The number of amides is 4. The van der Waals surface area contributed by atoms with Crippen LogP contribution in [0.3, 0.4) is 0 Å². The van der Waals surface area contributed by atoms with E-state index in [0.717, 1.165) is 16.3 Å². The molecule has 4 amide bonds. The highest BCUT2D eigenvalue weighted by molar-refractivity contribution is 6.33. The molecule has 2 aliphatic heterocycles. The predicted molar refractivity (Wildman–Crippen MR) is 111 cm³/mol. The zero-order valence-electron chi connectivity index (χ0n) is 17.5. The number of allylic oxidation sites excluding steroid dienone is 3. The summed E-state index contributed by atoms with van der Waals surface area (Å²) in [5, 5.41) is 4.28. The molecular weight excluding hydrogens is 417 g/mol. The van der Waals surface area contributed by atoms with Gasteiger partial charge in [-0.1, -0.05) is 0 Å². The highest BCUT2D eigenvalue weighted by Gasteiger charge is 2.40. The summed E-state index contributed by atoms with van der Waals surface area (Å²) in [6.07, 6.45) is 3.16. The number of piperidine rings is 1. The van der Waals surface area contributed by atoms with E-state index in [4.69, 9.17) is 0 Å². The minimum atomic E-state index is -1.39. The first-order valence-electron chi connectivity index (χ1n) is 10.3. The second kappa shape index (κ2) is 7.43. The van der Waals surface area contributed by atoms with Crippen molar-refractivity contribution in [2.45, 2.75) is 38.9 Å². The third-order valence-corrected chi connectivity index (χ3v) is 5.84. The zero-order chi connectivity index (χ0) is 22.6. The fraction of sp³-hybridized carbons (Fsp3) is 0.381. The van der Waals surface area contributed by atoms with Crippen LogP contribution in [-0.2, 0) is 4.79 Å². The fourth-order valence-corrected chi connectivity index (χ4v) is 4.27. The molecule has 1 fully saturated rings. The van der Waals surface area contributed by atoms with Gasteiger partial charge in [0.2, 0.25) is 5.82 Å². The number of hydrogen-bond donors (Lipinski definition) is 0. The molecule has 1 unspecified atom stereocenters. The summed E-state index contributed by atoms with van der Waals surface area (Å²) in [7, 11) is 0. The summed E-state index contributed by atoms with van der Waals surface area (Å²) in [6, 6.07) is 0.771. The molecule has 32 heavy (non-hydrogen) atoms. The van der Waals surface area contributed by atoms with Crippen molar-refractivity contribution in [1.29, 1.82) is 0 Å². The van der Waals surface area contributed by atoms with E-state index in [0.29, 0.717) is 31.7 Å². The Morgan fingerprint density at radius 1 is 1.16 bits per heavy atom. The number of likely N-dealkylation sites (tertiary alicyclic amines) is 1. The first-order chi connectivity index (χ1) is 15.3. The third-order valence-electron chi connectivity index (χ3n) is 5.84. The Hall–Kier alpha value is -3.76. The van der Waals surface area contributed by atoms with E-state index in [1.165, 1.54) is 22.7 Å². The van der Waals surface area contributed by atoms with E-state index in [-0.39, 0.29) is 23.0 Å². The topological polar surface area (TPSA) is 113 Å². The number of halogens is 1. The molecule has 1 atom stereocenters. The van der Waals surface area contributed by atoms with E-state index in [2.05, 4.69) is 20.1 Å². The lowest BCUT2D eigenvalue weighted by molar-refractivity contribution is -0.126. The lowest BCUT2D eigenvalue weighted by atomic mass is 9.96. The molecule has 10 nitrogen and oxygen atoms in total. The number of aromatic nitrogens is 4. The van der Waals surface area contributed by atoms with Gasteiger partial charge in [0.1, 0.15) is 6.17 Å². The van der Waals surface area contributed by atoms with Gasteiger partial charge < -0.3 is 4.90 Å². The Kier molecular flexibility index (Phi) is 4.68. The minimum Gasteiger partial charge on any atom is -0.336 e. The molecule has 3 aliphatic rings. The number of alkyl halides is 1. The Balaban J connectivity index is 1.31. The summed E-state index contributed by atoms with van der Waals surface area (Å²) >= 11 is 0. The van der Waals surface area contributed by atoms with Crippen molar-refractivity contribution in [2.24, 2.45) is 4.99 Å². The smallest absolute Gasteiger partial charge is 0.336 e. The molecule has 164 valence electrons. The average molecular weight is 437 g/mol. The van der Waals surface area contributed by atoms with E-state index in [1.807, 2.05) is 19.9 Å². The van der Waals surface area contributed by atoms with Crippen LogP contribution >= 0.6 is 0 Å². The molecule has 11 heteroatoms. The molecule has 5 rings (SSSR count). The minimum absolute atomic E-state index is 0.0529. The number of nitrogens with zero attached hydrogens (tertiary/aromatic N) is 7. The Bertz CT molecular complexity index is 1250.